The van der Waals surface area contributed by atoms with Crippen molar-refractivity contribution in [1.82, 2.24) is 10.6 Å². The van der Waals surface area contributed by atoms with Crippen LogP contribution >= 0.6 is 0 Å². The van der Waals surface area contributed by atoms with Crippen molar-refractivity contribution < 1.29 is 18.7 Å². The minimum Gasteiger partial charge on any atom is -0.472 e. The number of nitrogens with one attached hydrogen (secondary N) is 2. The summed E-state index contributed by atoms with van der Waals surface area (Å²) in [4.78, 5) is 24.0. The van der Waals surface area contributed by atoms with Gasteiger partial charge in [-0.15, -0.1) is 0 Å². The average Bonchev–Trinajstić information content (AvgIpc) is 3.13. The topological polar surface area (TPSA) is 80.6 Å². The predicted molar refractivity (Wildman–Crippen MR) is 89.3 cm³/mol. The molecule has 2 aromatic rings. The van der Waals surface area contributed by atoms with Gasteiger partial charge in [0.05, 0.1) is 18.4 Å². The standard InChI is InChI=1S/C18H22N2O4/c1-3-23-11-15-6-4-5-14(9-15)10-19-17(21)13(2)20-18(22)16-7-8-24-12-16/h4-9,12-13H,3,10-11H2,1-2H3,(H,19,21)(H,20,22). The lowest BCUT2D eigenvalue weighted by atomic mass is 10.1. The number of furan rings is 1. The van der Waals surface area contributed by atoms with Crippen molar-refractivity contribution in [2.75, 3.05) is 6.61 Å². The van der Waals surface area contributed by atoms with Crippen LogP contribution in [-0.4, -0.2) is 24.5 Å². The van der Waals surface area contributed by atoms with Crippen LogP contribution in [0.25, 0.3) is 0 Å². The molecular weight excluding hydrogens is 308 g/mol. The normalized spacial score (nSPS) is 11.8. The van der Waals surface area contributed by atoms with Crippen molar-refractivity contribution in [3.63, 3.8) is 0 Å². The van der Waals surface area contributed by atoms with Crippen molar-refractivity contribution in [1.29, 1.82) is 0 Å². The van der Waals surface area contributed by atoms with Crippen LogP contribution in [0.4, 0.5) is 0 Å². The van der Waals surface area contributed by atoms with Gasteiger partial charge in [0.15, 0.2) is 0 Å². The van der Waals surface area contributed by atoms with Gasteiger partial charge in [-0.1, -0.05) is 24.3 Å². The number of ether oxygens (including phenoxy) is 1. The maximum absolute atomic E-state index is 12.1. The highest BCUT2D eigenvalue weighted by molar-refractivity contribution is 5.97. The Morgan fingerprint density at radius 1 is 1.25 bits per heavy atom. The predicted octanol–water partition coefficient (Wildman–Crippen LogP) is 2.25. The maximum Gasteiger partial charge on any atom is 0.255 e. The summed E-state index contributed by atoms with van der Waals surface area (Å²) in [6.07, 6.45) is 2.75. The molecule has 128 valence electrons. The van der Waals surface area contributed by atoms with Gasteiger partial charge in [-0.3, -0.25) is 9.59 Å². The van der Waals surface area contributed by atoms with Crippen LogP contribution < -0.4 is 10.6 Å². The Kier molecular flexibility index (Phi) is 6.57. The van der Waals surface area contributed by atoms with Crippen LogP contribution in [0.3, 0.4) is 0 Å². The van der Waals surface area contributed by atoms with Crippen LogP contribution in [0.5, 0.6) is 0 Å². The largest absolute Gasteiger partial charge is 0.472 e. The van der Waals surface area contributed by atoms with Crippen LogP contribution in [0, 0.1) is 0 Å². The first-order valence-electron chi connectivity index (χ1n) is 7.86. The highest BCUT2D eigenvalue weighted by Gasteiger charge is 2.16. The summed E-state index contributed by atoms with van der Waals surface area (Å²) in [6.45, 7) is 5.19. The summed E-state index contributed by atoms with van der Waals surface area (Å²) >= 11 is 0. The zero-order valence-corrected chi connectivity index (χ0v) is 13.9. The highest BCUT2D eigenvalue weighted by Crippen LogP contribution is 2.07. The lowest BCUT2D eigenvalue weighted by molar-refractivity contribution is -0.122. The molecule has 1 atom stereocenters. The van der Waals surface area contributed by atoms with Crippen LogP contribution in [0.1, 0.15) is 35.3 Å². The third-order valence-electron chi connectivity index (χ3n) is 3.46. The Morgan fingerprint density at radius 3 is 2.75 bits per heavy atom. The second-order valence-corrected chi connectivity index (χ2v) is 5.38. The van der Waals surface area contributed by atoms with E-state index in [9.17, 15) is 9.59 Å². The second-order valence-electron chi connectivity index (χ2n) is 5.38. The van der Waals surface area contributed by atoms with Gasteiger partial charge in [-0.25, -0.2) is 0 Å². The molecule has 0 radical (unpaired) electrons. The summed E-state index contributed by atoms with van der Waals surface area (Å²) in [5, 5.41) is 5.44. The Morgan fingerprint density at radius 2 is 2.04 bits per heavy atom. The van der Waals surface area contributed by atoms with E-state index in [1.807, 2.05) is 31.2 Å². The molecule has 0 saturated heterocycles. The Bertz CT molecular complexity index is 667. The molecule has 1 unspecified atom stereocenters. The Labute approximate surface area is 141 Å². The second kappa shape index (κ2) is 8.88. The zero-order valence-electron chi connectivity index (χ0n) is 13.9. The number of hydrogen-bond donors (Lipinski definition) is 2. The first-order chi connectivity index (χ1) is 11.6. The first kappa shape index (κ1) is 17.7. The van der Waals surface area contributed by atoms with Gasteiger partial charge in [0.25, 0.3) is 5.91 Å². The SMILES string of the molecule is CCOCc1cccc(CNC(=O)C(C)NC(=O)c2ccoc2)c1. The van der Waals surface area contributed by atoms with Crippen molar-refractivity contribution in [2.24, 2.45) is 0 Å². The van der Waals surface area contributed by atoms with Gasteiger partial charge in [0.1, 0.15) is 12.3 Å². The number of carbonyl (C=O) groups is 2. The number of benzene rings is 1. The molecule has 1 heterocycles. The number of carbonyl (C=O) groups excluding carboxylic acids is 2. The first-order valence-corrected chi connectivity index (χ1v) is 7.86. The maximum atomic E-state index is 12.1. The fourth-order valence-electron chi connectivity index (χ4n) is 2.13. The quantitative estimate of drug-likeness (QED) is 0.778. The van der Waals surface area contributed by atoms with Crippen LogP contribution in [-0.2, 0) is 22.7 Å². The molecule has 0 fully saturated rings. The molecule has 6 nitrogen and oxygen atoms in total. The Hall–Kier alpha value is -2.60. The van der Waals surface area contributed by atoms with Gasteiger partial charge >= 0.3 is 0 Å². The van der Waals surface area contributed by atoms with Crippen LogP contribution in [0.15, 0.2) is 47.3 Å². The van der Waals surface area contributed by atoms with Gasteiger partial charge in [-0.2, -0.15) is 0 Å². The molecule has 0 aliphatic rings. The van der Waals surface area contributed by atoms with Gasteiger partial charge in [-0.05, 0) is 31.0 Å². The third kappa shape index (κ3) is 5.24. The zero-order chi connectivity index (χ0) is 17.4. The molecule has 0 aliphatic carbocycles. The minimum absolute atomic E-state index is 0.248. The van der Waals surface area contributed by atoms with Crippen molar-refractivity contribution in [2.45, 2.75) is 33.0 Å². The van der Waals surface area contributed by atoms with Gasteiger partial charge in [0, 0.05) is 13.2 Å². The lowest BCUT2D eigenvalue weighted by Crippen LogP contribution is -2.44. The van der Waals surface area contributed by atoms with E-state index in [1.54, 1.807) is 13.0 Å². The summed E-state index contributed by atoms with van der Waals surface area (Å²) < 4.78 is 10.2. The van der Waals surface area contributed by atoms with E-state index in [2.05, 4.69) is 10.6 Å². The summed E-state index contributed by atoms with van der Waals surface area (Å²) in [5.41, 5.74) is 2.43. The number of amides is 2. The van der Waals surface area contributed by atoms with E-state index in [0.717, 1.165) is 11.1 Å². The molecule has 2 N–H and O–H groups in total. The molecule has 1 aromatic heterocycles. The molecule has 24 heavy (non-hydrogen) atoms. The van der Waals surface area contributed by atoms with E-state index < -0.39 is 6.04 Å². The highest BCUT2D eigenvalue weighted by atomic mass is 16.5. The van der Waals surface area contributed by atoms with Crippen LogP contribution in [0.2, 0.25) is 0 Å². The van der Waals surface area contributed by atoms with E-state index in [0.29, 0.717) is 25.3 Å². The molecule has 6 heteroatoms. The monoisotopic (exact) mass is 330 g/mol. The molecule has 2 rings (SSSR count). The van der Waals surface area contributed by atoms with Crippen molar-refractivity contribution in [3.05, 3.63) is 59.5 Å². The Balaban J connectivity index is 1.82. The minimum atomic E-state index is -0.640. The molecule has 0 spiro atoms. The average molecular weight is 330 g/mol. The summed E-state index contributed by atoms with van der Waals surface area (Å²) in [7, 11) is 0. The molecule has 0 saturated carbocycles. The smallest absolute Gasteiger partial charge is 0.255 e. The van der Waals surface area contributed by atoms with E-state index >= 15 is 0 Å². The lowest BCUT2D eigenvalue weighted by Gasteiger charge is -2.14. The van der Waals surface area contributed by atoms with Crippen molar-refractivity contribution >= 4 is 11.8 Å². The van der Waals surface area contributed by atoms with Crippen molar-refractivity contribution in [3.8, 4) is 0 Å². The molecule has 2 amide bonds. The summed E-state index contributed by atoms with van der Waals surface area (Å²) in [5.74, 6) is -0.591. The van der Waals surface area contributed by atoms with E-state index in [4.69, 9.17) is 9.15 Å². The molecule has 1 aromatic carbocycles. The van der Waals surface area contributed by atoms with E-state index in [1.165, 1.54) is 12.5 Å². The van der Waals surface area contributed by atoms with Gasteiger partial charge < -0.3 is 19.8 Å². The summed E-state index contributed by atoms with van der Waals surface area (Å²) in [6, 6.07) is 8.74. The number of rotatable bonds is 8. The molecular formula is C18H22N2O4. The number of hydrogen-bond acceptors (Lipinski definition) is 4. The van der Waals surface area contributed by atoms with Gasteiger partial charge in [0.2, 0.25) is 5.91 Å². The fraction of sp³-hybridized carbons (Fsp3) is 0.333. The third-order valence-corrected chi connectivity index (χ3v) is 3.46. The molecule has 0 bridgehead atoms. The van der Waals surface area contributed by atoms with E-state index in [-0.39, 0.29) is 11.8 Å². The fourth-order valence-corrected chi connectivity index (χ4v) is 2.13. The molecule has 0 aliphatic heterocycles.